The number of furan rings is 1. The van der Waals surface area contributed by atoms with Gasteiger partial charge in [-0.05, 0) is 78.6 Å². The summed E-state index contributed by atoms with van der Waals surface area (Å²) in [4.78, 5) is 43.8. The van der Waals surface area contributed by atoms with Crippen LogP contribution in [0.5, 0.6) is 0 Å². The van der Waals surface area contributed by atoms with Gasteiger partial charge in [0.05, 0.1) is 37.4 Å². The van der Waals surface area contributed by atoms with E-state index in [4.69, 9.17) is 18.5 Å². The second-order valence-corrected chi connectivity index (χ2v) is 10.1. The summed E-state index contributed by atoms with van der Waals surface area (Å²) in [6, 6.07) is 9.05. The van der Waals surface area contributed by atoms with E-state index in [-0.39, 0.29) is 26.0 Å². The first-order chi connectivity index (χ1) is 19.4. The lowest BCUT2D eigenvalue weighted by Gasteiger charge is -2.43. The normalized spacial score (nSPS) is 24.9. The van der Waals surface area contributed by atoms with E-state index in [2.05, 4.69) is 4.98 Å². The summed E-state index contributed by atoms with van der Waals surface area (Å²) in [6.07, 6.45) is 3.26. The fourth-order valence-electron chi connectivity index (χ4n) is 6.18. The molecule has 0 saturated carbocycles. The number of ether oxygens (including phenoxy) is 2. The number of likely N-dealkylation sites (tertiary alicyclic amines) is 1. The Hall–Kier alpha value is -3.58. The Morgan fingerprint density at radius 2 is 2.02 bits per heavy atom. The minimum Gasteiger partial charge on any atom is -0.459 e. The smallest absolute Gasteiger partial charge is 0.455 e. The van der Waals surface area contributed by atoms with Crippen molar-refractivity contribution >= 4 is 36.7 Å². The van der Waals surface area contributed by atoms with Crippen LogP contribution in [0.2, 0.25) is 6.32 Å². The van der Waals surface area contributed by atoms with Crippen molar-refractivity contribution in [1.82, 2.24) is 9.88 Å². The number of carbonyl (C=O) groups is 3. The molecule has 2 aromatic heterocycles. The fourth-order valence-corrected chi connectivity index (χ4v) is 6.18. The molecule has 0 radical (unpaired) electrons. The second-order valence-electron chi connectivity index (χ2n) is 10.1. The summed E-state index contributed by atoms with van der Waals surface area (Å²) in [5, 5.41) is 20.1. The zero-order chi connectivity index (χ0) is 28.4. The van der Waals surface area contributed by atoms with Gasteiger partial charge in [0.1, 0.15) is 18.1 Å². The summed E-state index contributed by atoms with van der Waals surface area (Å²) < 4.78 is 21.9. The van der Waals surface area contributed by atoms with E-state index in [1.54, 1.807) is 25.4 Å². The van der Waals surface area contributed by atoms with Crippen molar-refractivity contribution in [2.75, 3.05) is 20.8 Å². The van der Waals surface area contributed by atoms with Gasteiger partial charge in [0.2, 0.25) is 11.8 Å². The van der Waals surface area contributed by atoms with E-state index in [1.165, 1.54) is 0 Å². The Kier molecular flexibility index (Phi) is 8.31. The lowest BCUT2D eigenvalue weighted by molar-refractivity contribution is -0.137. The van der Waals surface area contributed by atoms with Crippen LogP contribution in [-0.4, -0.2) is 72.0 Å². The molecule has 2 aromatic rings. The van der Waals surface area contributed by atoms with Crippen molar-refractivity contribution in [3.8, 4) is 0 Å². The van der Waals surface area contributed by atoms with Crippen LogP contribution in [0, 0.1) is 17.8 Å². The van der Waals surface area contributed by atoms with E-state index >= 15 is 0 Å². The molecule has 2 aliphatic heterocycles. The highest BCUT2D eigenvalue weighted by atomic mass is 16.5. The summed E-state index contributed by atoms with van der Waals surface area (Å²) >= 11 is 0. The van der Waals surface area contributed by atoms with Crippen LogP contribution in [-0.2, 0) is 30.3 Å². The standard InChI is InChI=1S/C28H31BN2O9/c1-37-15-17-12-20-25(27(34)31(26(20)33)28(35)38-2)21-13-29(36)40-23(24(17)21)9-6-16(22-5-3-4-10-30-22)11-18-7-8-19(14-32)39-18/h3-5,7-8,10-11,20-21,23,25,32,36H,6,9,12-15H2,1-2H3/b16-11-/t20-,21+,23-,25-/m1/s1. The van der Waals surface area contributed by atoms with Crippen molar-refractivity contribution in [2.45, 2.75) is 38.3 Å². The van der Waals surface area contributed by atoms with Crippen LogP contribution in [0.3, 0.4) is 0 Å². The van der Waals surface area contributed by atoms with Crippen LogP contribution < -0.4 is 0 Å². The minimum absolute atomic E-state index is 0.119. The predicted octanol–water partition coefficient (Wildman–Crippen LogP) is 2.70. The van der Waals surface area contributed by atoms with Gasteiger partial charge in [-0.2, -0.15) is 4.90 Å². The summed E-state index contributed by atoms with van der Waals surface area (Å²) in [5.74, 6) is -2.23. The van der Waals surface area contributed by atoms with Crippen molar-refractivity contribution in [3.63, 3.8) is 0 Å². The maximum absolute atomic E-state index is 13.3. The van der Waals surface area contributed by atoms with Crippen LogP contribution in [0.25, 0.3) is 11.6 Å². The molecule has 3 amide bonds. The van der Waals surface area contributed by atoms with Crippen molar-refractivity contribution in [2.24, 2.45) is 17.8 Å². The van der Waals surface area contributed by atoms with Crippen LogP contribution >= 0.6 is 0 Å². The van der Waals surface area contributed by atoms with Crippen molar-refractivity contribution in [1.29, 1.82) is 0 Å². The largest absolute Gasteiger partial charge is 0.459 e. The number of carbonyl (C=O) groups excluding carboxylic acids is 3. The molecule has 5 rings (SSSR count). The van der Waals surface area contributed by atoms with Gasteiger partial charge in [0.15, 0.2) is 0 Å². The van der Waals surface area contributed by atoms with Crippen LogP contribution in [0.15, 0.2) is 52.1 Å². The van der Waals surface area contributed by atoms with Gasteiger partial charge in [0.25, 0.3) is 0 Å². The third-order valence-electron chi connectivity index (χ3n) is 7.81. The summed E-state index contributed by atoms with van der Waals surface area (Å²) in [6.45, 7) is 0.0130. The number of aliphatic hydroxyl groups is 1. The highest BCUT2D eigenvalue weighted by molar-refractivity contribution is 6.43. The number of aliphatic hydroxyl groups excluding tert-OH is 1. The number of amides is 3. The molecule has 3 aliphatic rings. The average molecular weight is 550 g/mol. The predicted molar refractivity (Wildman–Crippen MR) is 142 cm³/mol. The van der Waals surface area contributed by atoms with Gasteiger partial charge in [-0.25, -0.2) is 4.79 Å². The highest BCUT2D eigenvalue weighted by Gasteiger charge is 2.59. The molecule has 0 unspecified atom stereocenters. The molecule has 40 heavy (non-hydrogen) atoms. The number of imide groups is 3. The monoisotopic (exact) mass is 550 g/mol. The number of rotatable bonds is 8. The second kappa shape index (κ2) is 11.9. The molecule has 0 bridgehead atoms. The molecule has 2 N–H and O–H groups in total. The molecule has 210 valence electrons. The molecule has 1 aliphatic carbocycles. The fraction of sp³-hybridized carbons (Fsp3) is 0.429. The summed E-state index contributed by atoms with van der Waals surface area (Å²) in [5.41, 5.74) is 3.26. The molecular formula is C28H31BN2O9. The number of fused-ring (bicyclic) bond motifs is 3. The van der Waals surface area contributed by atoms with Gasteiger partial charge < -0.3 is 28.7 Å². The lowest BCUT2D eigenvalue weighted by atomic mass is 9.58. The third-order valence-corrected chi connectivity index (χ3v) is 7.81. The number of pyridine rings is 1. The number of hydrogen-bond acceptors (Lipinski definition) is 10. The van der Waals surface area contributed by atoms with Gasteiger partial charge in [-0.1, -0.05) is 6.07 Å². The molecule has 4 atom stereocenters. The number of aromatic nitrogens is 1. The molecular weight excluding hydrogens is 519 g/mol. The van der Waals surface area contributed by atoms with E-state index < -0.39 is 48.9 Å². The Bertz CT molecular complexity index is 1340. The van der Waals surface area contributed by atoms with E-state index in [9.17, 15) is 24.5 Å². The maximum Gasteiger partial charge on any atom is 0.455 e. The topological polar surface area (TPSA) is 149 Å². The number of allylic oxidation sites excluding steroid dienone is 1. The zero-order valence-electron chi connectivity index (χ0n) is 22.3. The van der Waals surface area contributed by atoms with E-state index in [0.717, 1.165) is 29.5 Å². The molecule has 12 heteroatoms. The first-order valence-corrected chi connectivity index (χ1v) is 13.2. The first-order valence-electron chi connectivity index (χ1n) is 13.2. The molecule has 4 heterocycles. The van der Waals surface area contributed by atoms with Gasteiger partial charge >= 0.3 is 13.2 Å². The average Bonchev–Trinajstić information content (AvgIpc) is 3.52. The third kappa shape index (κ3) is 5.27. The Labute approximate surface area is 231 Å². The Morgan fingerprint density at radius 1 is 1.20 bits per heavy atom. The Balaban J connectivity index is 1.47. The molecule has 0 aromatic carbocycles. The van der Waals surface area contributed by atoms with Crippen LogP contribution in [0.1, 0.15) is 36.5 Å². The van der Waals surface area contributed by atoms with Gasteiger partial charge in [-0.15, -0.1) is 0 Å². The van der Waals surface area contributed by atoms with Gasteiger partial charge in [0, 0.05) is 13.3 Å². The van der Waals surface area contributed by atoms with Crippen molar-refractivity contribution in [3.05, 3.63) is 64.9 Å². The van der Waals surface area contributed by atoms with E-state index in [1.807, 2.05) is 24.3 Å². The number of methoxy groups -OCH3 is 2. The zero-order valence-corrected chi connectivity index (χ0v) is 22.3. The SMILES string of the molecule is COCC1=C2[C@@H](CC/C(=C/c3ccc(CO)o3)c3ccccn3)OB(O)C[C@@H]2[C@@H]2C(=O)N(C(=O)OC)C(=O)[C@@H]2C1. The molecule has 2 saturated heterocycles. The summed E-state index contributed by atoms with van der Waals surface area (Å²) in [7, 11) is 1.52. The number of hydrogen-bond donors (Lipinski definition) is 2. The lowest BCUT2D eigenvalue weighted by Crippen LogP contribution is -2.46. The number of nitrogens with zero attached hydrogens (tertiary/aromatic N) is 2. The quantitative estimate of drug-likeness (QED) is 0.286. The molecule has 0 spiro atoms. The minimum atomic E-state index is -1.16. The van der Waals surface area contributed by atoms with Crippen molar-refractivity contribution < 1.29 is 43.1 Å². The maximum atomic E-state index is 13.3. The van der Waals surface area contributed by atoms with E-state index in [0.29, 0.717) is 29.3 Å². The van der Waals surface area contributed by atoms with Gasteiger partial charge in [-0.3, -0.25) is 14.6 Å². The molecule has 2 fully saturated rings. The highest BCUT2D eigenvalue weighted by Crippen LogP contribution is 2.50. The molecule has 11 nitrogen and oxygen atoms in total. The van der Waals surface area contributed by atoms with Crippen LogP contribution in [0.4, 0.5) is 4.79 Å². The Morgan fingerprint density at radius 3 is 2.70 bits per heavy atom. The first kappa shape index (κ1) is 28.0.